The maximum atomic E-state index is 13.6. The molecule has 1 amide bonds. The number of nitrogens with zero attached hydrogens (tertiary/aromatic N) is 1. The summed E-state index contributed by atoms with van der Waals surface area (Å²) in [6.07, 6.45) is 1.11. The first-order chi connectivity index (χ1) is 8.83. The predicted molar refractivity (Wildman–Crippen MR) is 73.2 cm³/mol. The van der Waals surface area contributed by atoms with Crippen molar-refractivity contribution in [3.63, 3.8) is 0 Å². The number of rotatable bonds is 4. The molecule has 19 heavy (non-hydrogen) atoms. The molecule has 0 radical (unpaired) electrons. The lowest BCUT2D eigenvalue weighted by atomic mass is 10.2. The molecule has 1 rings (SSSR count). The Morgan fingerprint density at radius 1 is 1.42 bits per heavy atom. The molecule has 0 bridgehead atoms. The minimum atomic E-state index is -0.578. The molecule has 0 aliphatic carbocycles. The fraction of sp³-hybridized carbons (Fsp3) is 0.400. The van der Waals surface area contributed by atoms with Crippen molar-refractivity contribution in [3.8, 4) is 0 Å². The molecule has 0 atom stereocenters. The molecule has 0 aliphatic heterocycles. The smallest absolute Gasteiger partial charge is 0.410 e. The van der Waals surface area contributed by atoms with Gasteiger partial charge in [0.1, 0.15) is 11.4 Å². The summed E-state index contributed by atoms with van der Waals surface area (Å²) in [6, 6.07) is 6.37. The second kappa shape index (κ2) is 6.36. The summed E-state index contributed by atoms with van der Waals surface area (Å²) in [7, 11) is 0. The zero-order chi connectivity index (χ0) is 14.5. The van der Waals surface area contributed by atoms with Gasteiger partial charge in [-0.15, -0.1) is 6.58 Å². The van der Waals surface area contributed by atoms with Crippen molar-refractivity contribution in [2.45, 2.75) is 32.9 Å². The minimum absolute atomic E-state index is 0.160. The Bertz CT molecular complexity index is 452. The molecular weight excluding hydrogens is 245 g/mol. The van der Waals surface area contributed by atoms with E-state index in [2.05, 4.69) is 6.58 Å². The average Bonchev–Trinajstić information content (AvgIpc) is 2.29. The van der Waals surface area contributed by atoms with Crippen LogP contribution < -0.4 is 0 Å². The summed E-state index contributed by atoms with van der Waals surface area (Å²) < 4.78 is 18.9. The van der Waals surface area contributed by atoms with E-state index in [1.165, 1.54) is 11.0 Å². The third kappa shape index (κ3) is 5.12. The van der Waals surface area contributed by atoms with Crippen molar-refractivity contribution in [2.24, 2.45) is 0 Å². The summed E-state index contributed by atoms with van der Waals surface area (Å²) in [5.41, 5.74) is -0.124. The van der Waals surface area contributed by atoms with Crippen molar-refractivity contribution in [1.29, 1.82) is 0 Å². The first-order valence-electron chi connectivity index (χ1n) is 6.15. The second-order valence-electron chi connectivity index (χ2n) is 5.24. The maximum absolute atomic E-state index is 13.6. The van der Waals surface area contributed by atoms with Gasteiger partial charge >= 0.3 is 6.09 Å². The van der Waals surface area contributed by atoms with E-state index in [-0.39, 0.29) is 12.4 Å². The zero-order valence-electron chi connectivity index (χ0n) is 11.6. The minimum Gasteiger partial charge on any atom is -0.444 e. The Morgan fingerprint density at radius 2 is 2.05 bits per heavy atom. The van der Waals surface area contributed by atoms with Gasteiger partial charge in [-0.3, -0.25) is 0 Å². The van der Waals surface area contributed by atoms with Gasteiger partial charge in [0.25, 0.3) is 0 Å². The van der Waals surface area contributed by atoms with Crippen LogP contribution in [-0.2, 0) is 11.3 Å². The van der Waals surface area contributed by atoms with E-state index in [9.17, 15) is 9.18 Å². The highest BCUT2D eigenvalue weighted by Gasteiger charge is 2.22. The van der Waals surface area contributed by atoms with Crippen LogP contribution in [0.2, 0.25) is 0 Å². The largest absolute Gasteiger partial charge is 0.444 e. The van der Waals surface area contributed by atoms with Crippen LogP contribution >= 0.6 is 0 Å². The first kappa shape index (κ1) is 15.2. The Labute approximate surface area is 113 Å². The van der Waals surface area contributed by atoms with Crippen molar-refractivity contribution in [1.82, 2.24) is 4.90 Å². The Balaban J connectivity index is 2.81. The van der Waals surface area contributed by atoms with E-state index < -0.39 is 11.7 Å². The molecule has 0 heterocycles. The highest BCUT2D eigenvalue weighted by atomic mass is 19.1. The molecule has 0 N–H and O–H groups in total. The number of amides is 1. The van der Waals surface area contributed by atoms with E-state index in [0.29, 0.717) is 12.1 Å². The quantitative estimate of drug-likeness (QED) is 0.776. The summed E-state index contributed by atoms with van der Waals surface area (Å²) >= 11 is 0. The zero-order valence-corrected chi connectivity index (χ0v) is 11.6. The molecule has 1 aromatic carbocycles. The fourth-order valence-corrected chi connectivity index (χ4v) is 1.52. The Morgan fingerprint density at radius 3 is 2.58 bits per heavy atom. The third-order valence-electron chi connectivity index (χ3n) is 2.32. The average molecular weight is 265 g/mol. The van der Waals surface area contributed by atoms with Crippen molar-refractivity contribution in [3.05, 3.63) is 48.3 Å². The van der Waals surface area contributed by atoms with Crippen LogP contribution in [0.25, 0.3) is 0 Å². The Hall–Kier alpha value is -1.84. The number of carbonyl (C=O) groups excluding carboxylic acids is 1. The number of benzene rings is 1. The molecule has 4 heteroatoms. The van der Waals surface area contributed by atoms with E-state index in [1.807, 2.05) is 0 Å². The van der Waals surface area contributed by atoms with E-state index >= 15 is 0 Å². The third-order valence-corrected chi connectivity index (χ3v) is 2.32. The van der Waals surface area contributed by atoms with Crippen molar-refractivity contribution < 1.29 is 13.9 Å². The monoisotopic (exact) mass is 265 g/mol. The van der Waals surface area contributed by atoms with E-state index in [1.54, 1.807) is 45.0 Å². The number of ether oxygens (including phenoxy) is 1. The van der Waals surface area contributed by atoms with Gasteiger partial charge in [0.15, 0.2) is 0 Å². The van der Waals surface area contributed by atoms with Gasteiger partial charge in [-0.05, 0) is 26.8 Å². The van der Waals surface area contributed by atoms with Crippen LogP contribution in [0.1, 0.15) is 26.3 Å². The van der Waals surface area contributed by atoms with Crippen molar-refractivity contribution in [2.75, 3.05) is 6.54 Å². The fourth-order valence-electron chi connectivity index (χ4n) is 1.52. The molecule has 0 unspecified atom stereocenters. The topological polar surface area (TPSA) is 29.5 Å². The van der Waals surface area contributed by atoms with Gasteiger partial charge in [0, 0.05) is 12.1 Å². The van der Waals surface area contributed by atoms with E-state index in [0.717, 1.165) is 0 Å². The highest BCUT2D eigenvalue weighted by molar-refractivity contribution is 5.68. The highest BCUT2D eigenvalue weighted by Crippen LogP contribution is 2.14. The van der Waals surface area contributed by atoms with Gasteiger partial charge < -0.3 is 9.64 Å². The molecule has 0 fully saturated rings. The second-order valence-corrected chi connectivity index (χ2v) is 5.24. The van der Waals surface area contributed by atoms with Crippen LogP contribution in [-0.4, -0.2) is 23.1 Å². The molecule has 1 aromatic rings. The molecule has 104 valence electrons. The predicted octanol–water partition coefficient (Wildman–Crippen LogP) is 3.75. The lowest BCUT2D eigenvalue weighted by molar-refractivity contribution is 0.0255. The number of hydrogen-bond acceptors (Lipinski definition) is 2. The molecule has 3 nitrogen and oxygen atoms in total. The van der Waals surface area contributed by atoms with Gasteiger partial charge in [-0.1, -0.05) is 24.3 Å². The SMILES string of the molecule is C=CCN(Cc1ccccc1F)C(=O)OC(C)(C)C. The molecule has 0 spiro atoms. The van der Waals surface area contributed by atoms with Crippen LogP contribution in [0.3, 0.4) is 0 Å². The molecular formula is C15H20FNO2. The summed E-state index contributed by atoms with van der Waals surface area (Å²) in [5.74, 6) is -0.333. The number of halogens is 1. The van der Waals surface area contributed by atoms with Crippen LogP contribution in [0.15, 0.2) is 36.9 Å². The van der Waals surface area contributed by atoms with Gasteiger partial charge in [0.2, 0.25) is 0 Å². The van der Waals surface area contributed by atoms with Crippen LogP contribution in [0, 0.1) is 5.82 Å². The number of hydrogen-bond donors (Lipinski definition) is 0. The van der Waals surface area contributed by atoms with Gasteiger partial charge in [-0.2, -0.15) is 0 Å². The Kier molecular flexibility index (Phi) is 5.10. The lowest BCUT2D eigenvalue weighted by Crippen LogP contribution is -2.36. The van der Waals surface area contributed by atoms with Crippen molar-refractivity contribution >= 4 is 6.09 Å². The molecule has 0 saturated carbocycles. The molecule has 0 saturated heterocycles. The lowest BCUT2D eigenvalue weighted by Gasteiger charge is -2.26. The van der Waals surface area contributed by atoms with Gasteiger partial charge in [-0.25, -0.2) is 9.18 Å². The maximum Gasteiger partial charge on any atom is 0.410 e. The van der Waals surface area contributed by atoms with Crippen LogP contribution in [0.5, 0.6) is 0 Å². The van der Waals surface area contributed by atoms with Crippen LogP contribution in [0.4, 0.5) is 9.18 Å². The standard InChI is InChI=1S/C15H20FNO2/c1-5-10-17(14(18)19-15(2,3)4)11-12-8-6-7-9-13(12)16/h5-9H,1,10-11H2,2-4H3. The van der Waals surface area contributed by atoms with E-state index in [4.69, 9.17) is 4.74 Å². The first-order valence-corrected chi connectivity index (χ1v) is 6.15. The molecule has 0 aromatic heterocycles. The molecule has 0 aliphatic rings. The summed E-state index contributed by atoms with van der Waals surface area (Å²) in [6.45, 7) is 9.44. The summed E-state index contributed by atoms with van der Waals surface area (Å²) in [5, 5.41) is 0. The normalized spacial score (nSPS) is 10.9. The number of carbonyl (C=O) groups is 1. The summed E-state index contributed by atoms with van der Waals surface area (Å²) in [4.78, 5) is 13.4. The van der Waals surface area contributed by atoms with Gasteiger partial charge in [0.05, 0.1) is 6.54 Å².